The molecule has 0 amide bonds. The number of aromatic nitrogens is 2. The van der Waals surface area contributed by atoms with E-state index in [-0.39, 0.29) is 11.2 Å². The van der Waals surface area contributed by atoms with Crippen LogP contribution in [0, 0.1) is 11.3 Å². The van der Waals surface area contributed by atoms with Gasteiger partial charge in [0.05, 0.1) is 11.3 Å². The summed E-state index contributed by atoms with van der Waals surface area (Å²) in [5.74, 6) is 0.195. The lowest BCUT2D eigenvalue weighted by atomic mass is 10.1. The summed E-state index contributed by atoms with van der Waals surface area (Å²) < 4.78 is 0. The zero-order chi connectivity index (χ0) is 9.14. The maximum Gasteiger partial charge on any atom is 0.222 e. The normalized spacial score (nSPS) is 9.92. The molecule has 0 radical (unpaired) electrons. The molecule has 1 aromatic heterocycles. The van der Waals surface area contributed by atoms with Crippen molar-refractivity contribution >= 4 is 11.6 Å². The minimum Gasteiger partial charge on any atom is -0.225 e. The smallest absolute Gasteiger partial charge is 0.222 e. The molecule has 0 aliphatic heterocycles. The molecule has 1 aromatic rings. The van der Waals surface area contributed by atoms with Gasteiger partial charge in [0.1, 0.15) is 6.07 Å². The minimum absolute atomic E-state index is 0.192. The van der Waals surface area contributed by atoms with Crippen LogP contribution < -0.4 is 0 Å². The Labute approximate surface area is 76.0 Å². The lowest BCUT2D eigenvalue weighted by molar-refractivity contribution is 0.809. The van der Waals surface area contributed by atoms with Crippen LogP contribution in [-0.2, 0) is 0 Å². The van der Waals surface area contributed by atoms with Crippen molar-refractivity contribution in [2.75, 3.05) is 0 Å². The van der Waals surface area contributed by atoms with E-state index in [0.29, 0.717) is 11.3 Å². The van der Waals surface area contributed by atoms with Gasteiger partial charge in [-0.2, -0.15) is 5.26 Å². The molecule has 0 bridgehead atoms. The van der Waals surface area contributed by atoms with Gasteiger partial charge in [-0.25, -0.2) is 9.97 Å². The summed E-state index contributed by atoms with van der Waals surface area (Å²) in [6.07, 6.45) is 1.45. The summed E-state index contributed by atoms with van der Waals surface area (Å²) in [5, 5.41) is 8.88. The molecule has 1 rings (SSSR count). The molecule has 0 saturated heterocycles. The molecule has 0 atom stereocenters. The van der Waals surface area contributed by atoms with E-state index in [1.165, 1.54) is 6.20 Å². The fraction of sp³-hybridized carbons (Fsp3) is 0.375. The second-order valence-electron chi connectivity index (χ2n) is 2.70. The monoisotopic (exact) mass is 181 g/mol. The second-order valence-corrected chi connectivity index (χ2v) is 3.04. The molecule has 0 aliphatic rings. The van der Waals surface area contributed by atoms with Crippen molar-refractivity contribution in [3.8, 4) is 6.07 Å². The number of nitrogens with zero attached hydrogens (tertiary/aromatic N) is 3. The predicted octanol–water partition coefficient (Wildman–Crippen LogP) is 2.13. The lowest BCUT2D eigenvalue weighted by Gasteiger charge is -2.04. The first-order chi connectivity index (χ1) is 5.65. The molecule has 0 aromatic carbocycles. The topological polar surface area (TPSA) is 49.6 Å². The van der Waals surface area contributed by atoms with Gasteiger partial charge in [-0.3, -0.25) is 0 Å². The largest absolute Gasteiger partial charge is 0.225 e. The van der Waals surface area contributed by atoms with Crippen molar-refractivity contribution < 1.29 is 0 Å². The van der Waals surface area contributed by atoms with Crippen LogP contribution in [0.15, 0.2) is 6.20 Å². The van der Waals surface area contributed by atoms with Crippen LogP contribution in [0.1, 0.15) is 31.0 Å². The first kappa shape index (κ1) is 8.95. The Bertz CT molecular complexity index is 328. The average Bonchev–Trinajstić information content (AvgIpc) is 2.04. The van der Waals surface area contributed by atoms with Gasteiger partial charge in [-0.05, 0) is 17.5 Å². The van der Waals surface area contributed by atoms with Gasteiger partial charge in [-0.15, -0.1) is 0 Å². The van der Waals surface area contributed by atoms with Crippen LogP contribution in [0.4, 0.5) is 0 Å². The number of hydrogen-bond donors (Lipinski definition) is 0. The summed E-state index contributed by atoms with van der Waals surface area (Å²) in [4.78, 5) is 7.70. The standard InChI is InChI=1S/C8H8ClN3/c1-5(2)7-6(3-10)4-11-8(9)12-7/h4-5H,1-2H3. The summed E-state index contributed by atoms with van der Waals surface area (Å²) in [6.45, 7) is 3.92. The van der Waals surface area contributed by atoms with Crippen molar-refractivity contribution in [1.82, 2.24) is 9.97 Å². The fourth-order valence-corrected chi connectivity index (χ4v) is 1.04. The van der Waals surface area contributed by atoms with E-state index >= 15 is 0 Å². The molecular formula is C8H8ClN3. The Kier molecular flexibility index (Phi) is 2.61. The SMILES string of the molecule is CC(C)c1nc(Cl)ncc1C#N. The van der Waals surface area contributed by atoms with E-state index < -0.39 is 0 Å². The summed E-state index contributed by atoms with van der Waals surface area (Å²) in [6, 6.07) is 2.02. The number of halogens is 1. The van der Waals surface area contributed by atoms with Crippen molar-refractivity contribution in [1.29, 1.82) is 5.26 Å². The first-order valence-corrected chi connectivity index (χ1v) is 3.95. The van der Waals surface area contributed by atoms with Gasteiger partial charge in [0.15, 0.2) is 0 Å². The summed E-state index contributed by atoms with van der Waals surface area (Å²) >= 11 is 5.59. The van der Waals surface area contributed by atoms with Crippen LogP contribution in [0.2, 0.25) is 5.28 Å². The second kappa shape index (κ2) is 3.51. The molecule has 0 N–H and O–H groups in total. The van der Waals surface area contributed by atoms with E-state index in [0.717, 1.165) is 0 Å². The van der Waals surface area contributed by atoms with Crippen LogP contribution in [0.25, 0.3) is 0 Å². The third-order valence-corrected chi connectivity index (χ3v) is 1.64. The maximum absolute atomic E-state index is 8.69. The molecule has 3 nitrogen and oxygen atoms in total. The average molecular weight is 182 g/mol. The van der Waals surface area contributed by atoms with E-state index in [1.54, 1.807) is 0 Å². The van der Waals surface area contributed by atoms with Crippen LogP contribution in [0.3, 0.4) is 0 Å². The molecule has 0 aliphatic carbocycles. The van der Waals surface area contributed by atoms with Gasteiger partial charge < -0.3 is 0 Å². The molecule has 0 spiro atoms. The quantitative estimate of drug-likeness (QED) is 0.624. The summed E-state index contributed by atoms with van der Waals surface area (Å²) in [7, 11) is 0. The highest BCUT2D eigenvalue weighted by Gasteiger charge is 2.08. The van der Waals surface area contributed by atoms with Crippen LogP contribution in [-0.4, -0.2) is 9.97 Å². The Morgan fingerprint density at radius 2 is 2.25 bits per heavy atom. The molecule has 0 unspecified atom stereocenters. The summed E-state index contributed by atoms with van der Waals surface area (Å²) in [5.41, 5.74) is 1.20. The van der Waals surface area contributed by atoms with E-state index in [1.807, 2.05) is 19.9 Å². The Balaban J connectivity index is 3.24. The van der Waals surface area contributed by atoms with E-state index in [4.69, 9.17) is 16.9 Å². The molecule has 62 valence electrons. The van der Waals surface area contributed by atoms with Gasteiger partial charge in [0, 0.05) is 6.20 Å². The molecule has 1 heterocycles. The number of hydrogen-bond acceptors (Lipinski definition) is 3. The predicted molar refractivity (Wildman–Crippen MR) is 45.8 cm³/mol. The minimum atomic E-state index is 0.192. The maximum atomic E-state index is 8.69. The highest BCUT2D eigenvalue weighted by atomic mass is 35.5. The highest BCUT2D eigenvalue weighted by Crippen LogP contribution is 2.16. The van der Waals surface area contributed by atoms with Crippen molar-refractivity contribution in [3.05, 3.63) is 22.7 Å². The van der Waals surface area contributed by atoms with Crippen molar-refractivity contribution in [2.45, 2.75) is 19.8 Å². The molecule has 4 heteroatoms. The molecule has 12 heavy (non-hydrogen) atoms. The fourth-order valence-electron chi connectivity index (χ4n) is 0.899. The van der Waals surface area contributed by atoms with Gasteiger partial charge in [0.2, 0.25) is 5.28 Å². The third-order valence-electron chi connectivity index (χ3n) is 1.46. The number of rotatable bonds is 1. The Morgan fingerprint density at radius 1 is 1.58 bits per heavy atom. The molecule has 0 fully saturated rings. The van der Waals surface area contributed by atoms with Crippen molar-refractivity contribution in [2.24, 2.45) is 0 Å². The van der Waals surface area contributed by atoms with E-state index in [2.05, 4.69) is 9.97 Å². The van der Waals surface area contributed by atoms with Gasteiger partial charge in [-0.1, -0.05) is 13.8 Å². The lowest BCUT2D eigenvalue weighted by Crippen LogP contribution is -1.98. The Hall–Kier alpha value is -1.14. The molecular weight excluding hydrogens is 174 g/mol. The van der Waals surface area contributed by atoms with Crippen molar-refractivity contribution in [3.63, 3.8) is 0 Å². The highest BCUT2D eigenvalue weighted by molar-refractivity contribution is 6.28. The third kappa shape index (κ3) is 1.72. The van der Waals surface area contributed by atoms with Gasteiger partial charge >= 0.3 is 0 Å². The van der Waals surface area contributed by atoms with Gasteiger partial charge in [0.25, 0.3) is 0 Å². The number of nitriles is 1. The zero-order valence-electron chi connectivity index (χ0n) is 6.87. The first-order valence-electron chi connectivity index (χ1n) is 3.57. The van der Waals surface area contributed by atoms with Crippen LogP contribution in [0.5, 0.6) is 0 Å². The zero-order valence-corrected chi connectivity index (χ0v) is 7.63. The molecule has 0 saturated carbocycles. The Morgan fingerprint density at radius 3 is 2.75 bits per heavy atom. The van der Waals surface area contributed by atoms with E-state index in [9.17, 15) is 0 Å². The van der Waals surface area contributed by atoms with Crippen LogP contribution >= 0.6 is 11.6 Å².